The van der Waals surface area contributed by atoms with Gasteiger partial charge in [0.25, 0.3) is 0 Å². The van der Waals surface area contributed by atoms with Crippen LogP contribution in [0.25, 0.3) is 0 Å². The Morgan fingerprint density at radius 2 is 2.15 bits per heavy atom. The molecule has 0 bridgehead atoms. The number of aliphatic imine (C=N–C) groups is 1. The minimum absolute atomic E-state index is 0. The second-order valence-electron chi connectivity index (χ2n) is 5.52. The minimum atomic E-state index is -0.776. The molecule has 0 fully saturated rings. The summed E-state index contributed by atoms with van der Waals surface area (Å²) in [5.74, 6) is 0.909. The molecule has 26 heavy (non-hydrogen) atoms. The van der Waals surface area contributed by atoms with Crippen LogP contribution in [-0.2, 0) is 6.42 Å². The summed E-state index contributed by atoms with van der Waals surface area (Å²) in [5, 5.41) is 16.3. The molecule has 0 aliphatic heterocycles. The fraction of sp³-hybridized carbons (Fsp3) is 0.389. The smallest absolute Gasteiger partial charge is 0.191 e. The number of hydrogen-bond acceptors (Lipinski definition) is 3. The molecule has 0 aliphatic carbocycles. The third-order valence-electron chi connectivity index (χ3n) is 3.57. The second-order valence-corrected chi connectivity index (χ2v) is 6.43. The van der Waals surface area contributed by atoms with E-state index in [0.29, 0.717) is 36.8 Å². The van der Waals surface area contributed by atoms with E-state index in [2.05, 4.69) is 31.6 Å². The molecule has 5 nitrogen and oxygen atoms in total. The van der Waals surface area contributed by atoms with Crippen molar-refractivity contribution in [2.45, 2.75) is 25.9 Å². The molecule has 1 heterocycles. The maximum absolute atomic E-state index is 13.8. The van der Waals surface area contributed by atoms with Crippen molar-refractivity contribution in [2.24, 2.45) is 4.99 Å². The van der Waals surface area contributed by atoms with Crippen LogP contribution in [0.3, 0.4) is 0 Å². The van der Waals surface area contributed by atoms with Gasteiger partial charge in [0, 0.05) is 17.6 Å². The molecule has 8 heteroatoms. The molecular weight excluding hydrogens is 516 g/mol. The summed E-state index contributed by atoms with van der Waals surface area (Å²) in [6.45, 7) is 3.53. The number of aliphatic hydroxyl groups is 1. The Balaban J connectivity index is 0.00000338. The molecule has 0 spiro atoms. The zero-order chi connectivity index (χ0) is 18.1. The molecule has 1 aromatic carbocycles. The number of benzene rings is 1. The van der Waals surface area contributed by atoms with Crippen molar-refractivity contribution in [3.63, 3.8) is 0 Å². The van der Waals surface area contributed by atoms with Crippen LogP contribution >= 0.6 is 39.9 Å². The number of aryl methyl sites for hydroxylation is 1. The van der Waals surface area contributed by atoms with Crippen LogP contribution in [0.2, 0.25) is 0 Å². The zero-order valence-electron chi connectivity index (χ0n) is 14.5. The molecule has 0 saturated carbocycles. The molecule has 1 atom stereocenters. The van der Waals surface area contributed by atoms with Crippen LogP contribution in [0.1, 0.15) is 30.8 Å². The van der Waals surface area contributed by atoms with Gasteiger partial charge in [0.2, 0.25) is 0 Å². The van der Waals surface area contributed by atoms with Crippen LogP contribution in [0.4, 0.5) is 4.39 Å². The number of rotatable bonds is 8. The van der Waals surface area contributed by atoms with Crippen molar-refractivity contribution in [3.05, 3.63) is 58.2 Å². The van der Waals surface area contributed by atoms with Crippen molar-refractivity contribution >= 4 is 45.9 Å². The van der Waals surface area contributed by atoms with Crippen molar-refractivity contribution in [1.29, 1.82) is 0 Å². The number of nitrogens with one attached hydrogen (secondary N) is 2. The van der Waals surface area contributed by atoms with Crippen molar-refractivity contribution in [1.82, 2.24) is 10.6 Å². The van der Waals surface area contributed by atoms with E-state index < -0.39 is 6.10 Å². The number of halogens is 3. The Morgan fingerprint density at radius 1 is 1.35 bits per heavy atom. The van der Waals surface area contributed by atoms with Gasteiger partial charge in [-0.25, -0.2) is 4.39 Å². The van der Waals surface area contributed by atoms with Crippen molar-refractivity contribution in [3.8, 4) is 0 Å². The van der Waals surface area contributed by atoms with Crippen LogP contribution < -0.4 is 10.6 Å². The van der Waals surface area contributed by atoms with E-state index >= 15 is 0 Å². The highest BCUT2D eigenvalue weighted by atomic mass is 127. The van der Waals surface area contributed by atoms with Gasteiger partial charge in [-0.1, -0.05) is 22.0 Å². The summed E-state index contributed by atoms with van der Waals surface area (Å²) in [5.41, 5.74) is 0.695. The Kier molecular flexibility index (Phi) is 10.8. The highest BCUT2D eigenvalue weighted by Gasteiger charge is 2.10. The number of hydrogen-bond donors (Lipinski definition) is 3. The zero-order valence-corrected chi connectivity index (χ0v) is 18.5. The van der Waals surface area contributed by atoms with E-state index in [4.69, 9.17) is 4.42 Å². The fourth-order valence-electron chi connectivity index (χ4n) is 2.30. The predicted molar refractivity (Wildman–Crippen MR) is 115 cm³/mol. The third kappa shape index (κ3) is 7.63. The fourth-order valence-corrected chi connectivity index (χ4v) is 2.63. The monoisotopic (exact) mass is 539 g/mol. The highest BCUT2D eigenvalue weighted by molar-refractivity contribution is 14.0. The average molecular weight is 540 g/mol. The van der Waals surface area contributed by atoms with Gasteiger partial charge in [-0.3, -0.25) is 4.99 Å². The largest absolute Gasteiger partial charge is 0.467 e. The lowest BCUT2D eigenvalue weighted by Gasteiger charge is -2.12. The predicted octanol–water partition coefficient (Wildman–Crippen LogP) is 4.02. The normalized spacial score (nSPS) is 12.4. The maximum Gasteiger partial charge on any atom is 0.191 e. The van der Waals surface area contributed by atoms with Gasteiger partial charge in [0.05, 0.1) is 12.8 Å². The SMILES string of the molecule is CCNC(=NCC(O)c1ccco1)NCCCc1ccc(Br)cc1F.I. The summed E-state index contributed by atoms with van der Waals surface area (Å²) in [6.07, 6.45) is 2.15. The van der Waals surface area contributed by atoms with E-state index in [1.54, 1.807) is 18.2 Å². The first-order chi connectivity index (χ1) is 12.1. The Bertz CT molecular complexity index is 683. The summed E-state index contributed by atoms with van der Waals surface area (Å²) in [6, 6.07) is 8.55. The van der Waals surface area contributed by atoms with Crippen molar-refractivity contribution in [2.75, 3.05) is 19.6 Å². The Morgan fingerprint density at radius 3 is 2.81 bits per heavy atom. The first-order valence-corrected chi connectivity index (χ1v) is 9.07. The second kappa shape index (κ2) is 12.3. The first kappa shape index (κ1) is 22.9. The first-order valence-electron chi connectivity index (χ1n) is 8.27. The Hall–Kier alpha value is -1.13. The Labute approximate surface area is 178 Å². The number of nitrogens with zero attached hydrogens (tertiary/aromatic N) is 1. The number of furan rings is 1. The third-order valence-corrected chi connectivity index (χ3v) is 4.06. The molecule has 144 valence electrons. The molecule has 0 aliphatic rings. The van der Waals surface area contributed by atoms with Gasteiger partial charge in [-0.2, -0.15) is 0 Å². The van der Waals surface area contributed by atoms with Gasteiger partial charge in [0.15, 0.2) is 5.96 Å². The lowest BCUT2D eigenvalue weighted by molar-refractivity contribution is 0.158. The lowest BCUT2D eigenvalue weighted by Crippen LogP contribution is -2.38. The van der Waals surface area contributed by atoms with Gasteiger partial charge in [-0.05, 0) is 49.6 Å². The van der Waals surface area contributed by atoms with Gasteiger partial charge >= 0.3 is 0 Å². The van der Waals surface area contributed by atoms with E-state index in [9.17, 15) is 9.50 Å². The van der Waals surface area contributed by atoms with E-state index in [1.807, 2.05) is 13.0 Å². The molecular formula is C18H24BrFIN3O2. The molecule has 1 unspecified atom stereocenters. The highest BCUT2D eigenvalue weighted by Crippen LogP contribution is 2.16. The lowest BCUT2D eigenvalue weighted by atomic mass is 10.1. The molecule has 0 radical (unpaired) electrons. The van der Waals surface area contributed by atoms with E-state index in [-0.39, 0.29) is 36.3 Å². The number of guanidine groups is 1. The molecule has 0 amide bonds. The van der Waals surface area contributed by atoms with Crippen LogP contribution in [0, 0.1) is 5.82 Å². The molecule has 2 rings (SSSR count). The van der Waals surface area contributed by atoms with Gasteiger partial charge in [0.1, 0.15) is 17.7 Å². The average Bonchev–Trinajstić information content (AvgIpc) is 3.12. The topological polar surface area (TPSA) is 69.8 Å². The molecule has 2 aromatic rings. The van der Waals surface area contributed by atoms with Crippen LogP contribution in [0.15, 0.2) is 50.5 Å². The minimum Gasteiger partial charge on any atom is -0.467 e. The van der Waals surface area contributed by atoms with Crippen LogP contribution in [-0.4, -0.2) is 30.7 Å². The standard InChI is InChI=1S/C18H23BrFN3O2.HI/c1-2-21-18(23-12-16(24)17-6-4-10-25-17)22-9-3-5-13-7-8-14(19)11-15(13)20;/h4,6-8,10-11,16,24H,2-3,5,9,12H2,1H3,(H2,21,22,23);1H. The van der Waals surface area contributed by atoms with Crippen molar-refractivity contribution < 1.29 is 13.9 Å². The van der Waals surface area contributed by atoms with Gasteiger partial charge in [-0.15, -0.1) is 24.0 Å². The summed E-state index contributed by atoms with van der Waals surface area (Å²) < 4.78 is 19.7. The maximum atomic E-state index is 13.8. The van der Waals surface area contributed by atoms with Crippen LogP contribution in [0.5, 0.6) is 0 Å². The summed E-state index contributed by atoms with van der Waals surface area (Å²) in [7, 11) is 0. The molecule has 1 aromatic heterocycles. The number of aliphatic hydroxyl groups excluding tert-OH is 1. The quantitative estimate of drug-likeness (QED) is 0.205. The van der Waals surface area contributed by atoms with E-state index in [0.717, 1.165) is 10.9 Å². The summed E-state index contributed by atoms with van der Waals surface area (Å²) in [4.78, 5) is 4.35. The molecule has 3 N–H and O–H groups in total. The van der Waals surface area contributed by atoms with E-state index in [1.165, 1.54) is 12.3 Å². The summed E-state index contributed by atoms with van der Waals surface area (Å²) >= 11 is 3.25. The van der Waals surface area contributed by atoms with Gasteiger partial charge < -0.3 is 20.2 Å². The molecule has 0 saturated heterocycles.